The monoisotopic (exact) mass is 506 g/mol. The normalized spacial score (nSPS) is 18.6. The van der Waals surface area contributed by atoms with E-state index >= 15 is 0 Å². The Morgan fingerprint density at radius 1 is 1.08 bits per heavy atom. The van der Waals surface area contributed by atoms with Crippen LogP contribution in [0.15, 0.2) is 18.3 Å². The maximum atomic E-state index is 13.1. The molecule has 0 unspecified atom stereocenters. The minimum Gasteiger partial charge on any atom is -0.372 e. The Labute approximate surface area is 203 Å². The van der Waals surface area contributed by atoms with E-state index in [9.17, 15) is 17.6 Å². The summed E-state index contributed by atoms with van der Waals surface area (Å²) in [6.45, 7) is -1.56. The number of nitrogens with zero attached hydrogens (tertiary/aromatic N) is 5. The average Bonchev–Trinajstić information content (AvgIpc) is 3.40. The molecule has 1 aliphatic carbocycles. The summed E-state index contributed by atoms with van der Waals surface area (Å²) in [6, 6.07) is 3.59. The summed E-state index contributed by atoms with van der Waals surface area (Å²) in [4.78, 5) is 21.3. The van der Waals surface area contributed by atoms with Gasteiger partial charge in [0.15, 0.2) is 5.65 Å². The molecule has 0 saturated heterocycles. The van der Waals surface area contributed by atoms with Crippen molar-refractivity contribution >= 4 is 34.0 Å². The molecule has 0 atom stereocenters. The first kappa shape index (κ1) is 24.2. The fourth-order valence-electron chi connectivity index (χ4n) is 4.77. The Bertz CT molecular complexity index is 1360. The Morgan fingerprint density at radius 2 is 1.86 bits per heavy atom. The van der Waals surface area contributed by atoms with Crippen LogP contribution in [0.4, 0.5) is 29.3 Å². The second-order valence-electron chi connectivity index (χ2n) is 8.79. The Balaban J connectivity index is 1.43. The summed E-state index contributed by atoms with van der Waals surface area (Å²) >= 11 is 0. The quantitative estimate of drug-likeness (QED) is 0.291. The third kappa shape index (κ3) is 4.79. The van der Waals surface area contributed by atoms with Crippen LogP contribution in [0.25, 0.3) is 33.5 Å². The molecule has 0 spiro atoms. The first-order valence-corrected chi connectivity index (χ1v) is 11.7. The van der Waals surface area contributed by atoms with Gasteiger partial charge in [0.05, 0.1) is 23.7 Å². The number of nitrogens with one attached hydrogen (secondary N) is 3. The summed E-state index contributed by atoms with van der Waals surface area (Å²) in [5, 5.41) is 7.10. The van der Waals surface area contributed by atoms with Gasteiger partial charge in [0.25, 0.3) is 6.43 Å². The molecule has 0 aromatic carbocycles. The van der Waals surface area contributed by atoms with Gasteiger partial charge in [-0.15, -0.1) is 0 Å². The molecular weight excluding hydrogens is 480 g/mol. The van der Waals surface area contributed by atoms with E-state index in [2.05, 4.69) is 40.3 Å². The van der Waals surface area contributed by atoms with Crippen LogP contribution in [0.2, 0.25) is 0 Å². The number of aromatic nitrogens is 6. The molecule has 4 aromatic heterocycles. The van der Waals surface area contributed by atoms with Crippen molar-refractivity contribution in [1.29, 1.82) is 0 Å². The highest BCUT2D eigenvalue weighted by Crippen LogP contribution is 2.34. The zero-order valence-corrected chi connectivity index (χ0v) is 19.7. The lowest BCUT2D eigenvalue weighted by Crippen LogP contribution is -2.31. The van der Waals surface area contributed by atoms with Gasteiger partial charge < -0.3 is 24.9 Å². The molecule has 5 rings (SSSR count). The minimum absolute atomic E-state index is 0.0431. The van der Waals surface area contributed by atoms with Gasteiger partial charge in [0, 0.05) is 24.8 Å². The fourth-order valence-corrected chi connectivity index (χ4v) is 4.77. The molecule has 4 aromatic rings. The number of ether oxygens (including phenoxy) is 1. The molecule has 192 valence electrons. The number of aryl methyl sites for hydroxylation is 1. The van der Waals surface area contributed by atoms with Crippen LogP contribution in [-0.2, 0) is 11.3 Å². The van der Waals surface area contributed by atoms with E-state index < -0.39 is 25.7 Å². The number of hydrogen-bond donors (Lipinski definition) is 3. The lowest BCUT2D eigenvalue weighted by molar-refractivity contribution is -0.169. The van der Waals surface area contributed by atoms with Crippen LogP contribution in [0.5, 0.6) is 0 Å². The van der Waals surface area contributed by atoms with E-state index in [-0.39, 0.29) is 6.04 Å². The summed E-state index contributed by atoms with van der Waals surface area (Å²) in [7, 11) is 1.74. The number of rotatable bonds is 8. The maximum Gasteiger partial charge on any atom is 0.345 e. The zero-order chi connectivity index (χ0) is 25.4. The summed E-state index contributed by atoms with van der Waals surface area (Å²) < 4.78 is 57.2. The topological polar surface area (TPSA) is 106 Å². The summed E-state index contributed by atoms with van der Waals surface area (Å²) in [6.07, 6.45) is 1.19. The van der Waals surface area contributed by atoms with Crippen LogP contribution >= 0.6 is 0 Å². The van der Waals surface area contributed by atoms with Gasteiger partial charge in [-0.3, -0.25) is 0 Å². The van der Waals surface area contributed by atoms with Crippen LogP contribution in [0, 0.1) is 6.92 Å². The fraction of sp³-hybridized carbons (Fsp3) is 0.478. The second-order valence-corrected chi connectivity index (χ2v) is 8.79. The Kier molecular flexibility index (Phi) is 6.65. The molecule has 36 heavy (non-hydrogen) atoms. The van der Waals surface area contributed by atoms with Crippen molar-refractivity contribution in [2.45, 2.75) is 64.3 Å². The minimum atomic E-state index is -2.75. The number of anilines is 2. The van der Waals surface area contributed by atoms with Crippen molar-refractivity contribution in [3.05, 3.63) is 24.2 Å². The molecule has 1 saturated carbocycles. The van der Waals surface area contributed by atoms with Crippen molar-refractivity contribution in [3.63, 3.8) is 0 Å². The van der Waals surface area contributed by atoms with E-state index in [0.717, 1.165) is 5.56 Å². The molecule has 0 radical (unpaired) electrons. The lowest BCUT2D eigenvalue weighted by atomic mass is 9.93. The number of imidazole rings is 1. The lowest BCUT2D eigenvalue weighted by Gasteiger charge is -2.28. The summed E-state index contributed by atoms with van der Waals surface area (Å²) in [5.41, 5.74) is 2.79. The predicted octanol–water partition coefficient (Wildman–Crippen LogP) is 4.95. The van der Waals surface area contributed by atoms with Crippen LogP contribution < -0.4 is 10.6 Å². The number of aromatic amines is 1. The second kappa shape index (κ2) is 9.88. The highest BCUT2D eigenvalue weighted by Gasteiger charge is 2.25. The third-order valence-electron chi connectivity index (χ3n) is 6.45. The van der Waals surface area contributed by atoms with Crippen molar-refractivity contribution in [2.75, 3.05) is 17.7 Å². The smallest absolute Gasteiger partial charge is 0.345 e. The van der Waals surface area contributed by atoms with Gasteiger partial charge in [-0.25, -0.2) is 18.7 Å². The van der Waals surface area contributed by atoms with Crippen molar-refractivity contribution < 1.29 is 22.3 Å². The van der Waals surface area contributed by atoms with E-state index in [0.29, 0.717) is 71.2 Å². The third-order valence-corrected chi connectivity index (χ3v) is 6.45. The largest absolute Gasteiger partial charge is 0.372 e. The van der Waals surface area contributed by atoms with E-state index in [4.69, 9.17) is 0 Å². The number of halogens is 4. The number of H-pyrrole nitrogens is 1. The van der Waals surface area contributed by atoms with Crippen molar-refractivity contribution in [2.24, 2.45) is 0 Å². The van der Waals surface area contributed by atoms with E-state index in [1.807, 2.05) is 0 Å². The first-order valence-electron chi connectivity index (χ1n) is 11.7. The summed E-state index contributed by atoms with van der Waals surface area (Å²) in [5.74, 6) is 1.44. The average molecular weight is 507 g/mol. The first-order chi connectivity index (χ1) is 17.3. The molecule has 3 N–H and O–H groups in total. The number of pyridine rings is 1. The van der Waals surface area contributed by atoms with Gasteiger partial charge >= 0.3 is 6.61 Å². The van der Waals surface area contributed by atoms with Gasteiger partial charge in [-0.2, -0.15) is 18.7 Å². The van der Waals surface area contributed by atoms with E-state index in [1.165, 1.54) is 4.57 Å². The highest BCUT2D eigenvalue weighted by molar-refractivity contribution is 6.01. The maximum absolute atomic E-state index is 13.1. The standard InChI is InChI=1S/C23H26F4N8O/c1-11-30-16-8-7-15(32-21(16)35(11)10-17(24)25)14-9-29-20-18(14)19(28-2)33-23(34-20)31-12-3-5-13(6-4-12)36-22(26)27/h7-9,12-13,17,22H,3-6,10H2,1-2H3,(H3,28,29,31,33,34)/t12-,13+. The SMILES string of the molecule is CNc1nc(N[C@H]2CC[C@@H](OC(F)F)CC2)nc2[nH]cc(-c3ccc4nc(C)n(CC(F)F)c4n3)c12. The molecular formula is C23H26F4N8O. The van der Waals surface area contributed by atoms with Crippen LogP contribution in [0.1, 0.15) is 31.5 Å². The van der Waals surface area contributed by atoms with Crippen molar-refractivity contribution in [3.8, 4) is 11.3 Å². The van der Waals surface area contributed by atoms with Crippen molar-refractivity contribution in [1.82, 2.24) is 29.5 Å². The van der Waals surface area contributed by atoms with Crippen LogP contribution in [0.3, 0.4) is 0 Å². The molecule has 0 bridgehead atoms. The number of alkyl halides is 4. The predicted molar refractivity (Wildman–Crippen MR) is 127 cm³/mol. The zero-order valence-electron chi connectivity index (χ0n) is 19.7. The molecule has 9 nitrogen and oxygen atoms in total. The van der Waals surface area contributed by atoms with Gasteiger partial charge in [-0.05, 0) is 44.7 Å². The van der Waals surface area contributed by atoms with Gasteiger partial charge in [0.2, 0.25) is 5.95 Å². The Morgan fingerprint density at radius 3 is 2.56 bits per heavy atom. The molecule has 4 heterocycles. The number of fused-ring (bicyclic) bond motifs is 2. The highest BCUT2D eigenvalue weighted by atomic mass is 19.3. The van der Waals surface area contributed by atoms with Gasteiger partial charge in [-0.1, -0.05) is 0 Å². The molecule has 1 fully saturated rings. The molecule has 1 aliphatic rings. The van der Waals surface area contributed by atoms with Crippen LogP contribution in [-0.4, -0.2) is 61.7 Å². The molecule has 13 heteroatoms. The van der Waals surface area contributed by atoms with Gasteiger partial charge in [0.1, 0.15) is 22.8 Å². The molecule has 0 amide bonds. The van der Waals surface area contributed by atoms with E-state index in [1.54, 1.807) is 32.3 Å². The number of hydrogen-bond acceptors (Lipinski definition) is 7. The molecule has 0 aliphatic heterocycles. The Hall–Kier alpha value is -3.48.